The van der Waals surface area contributed by atoms with Crippen LogP contribution in [0.4, 0.5) is 0 Å². The topological polar surface area (TPSA) is 54.7 Å². The Morgan fingerprint density at radius 2 is 2.31 bits per heavy atom. The third-order valence-electron chi connectivity index (χ3n) is 2.75. The van der Waals surface area contributed by atoms with E-state index in [-0.39, 0.29) is 0 Å². The summed E-state index contributed by atoms with van der Waals surface area (Å²) in [6.45, 7) is 0. The van der Waals surface area contributed by atoms with Crippen LogP contribution in [0.1, 0.15) is 17.9 Å². The number of rotatable bonds is 1. The van der Waals surface area contributed by atoms with E-state index in [9.17, 15) is 0 Å². The molecule has 3 rings (SSSR count). The first-order valence-electron chi connectivity index (χ1n) is 4.54. The first kappa shape index (κ1) is 7.09. The molecule has 1 heterocycles. The Bertz CT molecular complexity index is 446. The van der Waals surface area contributed by atoms with E-state index in [1.165, 1.54) is 10.9 Å². The molecule has 0 bridgehead atoms. The number of hydrogen-bond acceptors (Lipinski definition) is 2. The van der Waals surface area contributed by atoms with Crippen molar-refractivity contribution >= 4 is 10.9 Å². The van der Waals surface area contributed by atoms with Gasteiger partial charge in [0.25, 0.3) is 0 Å². The van der Waals surface area contributed by atoms with Gasteiger partial charge in [-0.25, -0.2) is 0 Å². The Morgan fingerprint density at radius 1 is 1.46 bits per heavy atom. The summed E-state index contributed by atoms with van der Waals surface area (Å²) in [7, 11) is 0. The van der Waals surface area contributed by atoms with Gasteiger partial charge in [0.2, 0.25) is 0 Å². The summed E-state index contributed by atoms with van der Waals surface area (Å²) in [5.41, 5.74) is 8.30. The van der Waals surface area contributed by atoms with Crippen molar-refractivity contribution in [1.29, 1.82) is 0 Å². The maximum atomic E-state index is 5.82. The second kappa shape index (κ2) is 2.33. The Morgan fingerprint density at radius 3 is 3.08 bits per heavy atom. The van der Waals surface area contributed by atoms with Crippen LogP contribution in [0, 0.1) is 0 Å². The van der Waals surface area contributed by atoms with Gasteiger partial charge in [-0.2, -0.15) is 5.10 Å². The van der Waals surface area contributed by atoms with Gasteiger partial charge in [0, 0.05) is 17.3 Å². The maximum Gasteiger partial charge on any atom is 0.0685 e. The molecular formula is C10H11N3. The minimum absolute atomic E-state index is 0.355. The number of para-hydroxylation sites is 1. The van der Waals surface area contributed by atoms with Crippen molar-refractivity contribution in [2.24, 2.45) is 5.73 Å². The molecule has 1 fully saturated rings. The minimum atomic E-state index is 0.355. The fourth-order valence-electron chi connectivity index (χ4n) is 1.87. The smallest absolute Gasteiger partial charge is 0.0685 e. The van der Waals surface area contributed by atoms with E-state index in [1.54, 1.807) is 0 Å². The Balaban J connectivity index is 2.22. The zero-order valence-electron chi connectivity index (χ0n) is 7.20. The highest BCUT2D eigenvalue weighted by Gasteiger charge is 2.36. The average Bonchev–Trinajstić information content (AvgIpc) is 2.66. The number of hydrogen-bond donors (Lipinski definition) is 2. The number of nitrogens with zero attached hydrogens (tertiary/aromatic N) is 1. The summed E-state index contributed by atoms with van der Waals surface area (Å²) in [4.78, 5) is 0. The van der Waals surface area contributed by atoms with Gasteiger partial charge >= 0.3 is 0 Å². The molecule has 2 atom stereocenters. The number of nitrogens with two attached hydrogens (primary N) is 1. The van der Waals surface area contributed by atoms with E-state index in [4.69, 9.17) is 5.73 Å². The zero-order valence-corrected chi connectivity index (χ0v) is 7.20. The molecule has 1 aliphatic carbocycles. The fraction of sp³-hybridized carbons (Fsp3) is 0.300. The van der Waals surface area contributed by atoms with Crippen LogP contribution in [0.3, 0.4) is 0 Å². The number of fused-ring (bicyclic) bond motifs is 1. The van der Waals surface area contributed by atoms with Crippen LogP contribution in [0.2, 0.25) is 0 Å². The molecule has 66 valence electrons. The normalized spacial score (nSPS) is 26.5. The highest BCUT2D eigenvalue weighted by atomic mass is 15.1. The van der Waals surface area contributed by atoms with Crippen molar-refractivity contribution in [2.75, 3.05) is 0 Å². The fourth-order valence-corrected chi connectivity index (χ4v) is 1.87. The number of benzene rings is 1. The monoisotopic (exact) mass is 173 g/mol. The van der Waals surface area contributed by atoms with Crippen LogP contribution in [0.5, 0.6) is 0 Å². The molecular weight excluding hydrogens is 162 g/mol. The lowest BCUT2D eigenvalue weighted by Gasteiger charge is -1.99. The zero-order chi connectivity index (χ0) is 8.84. The molecule has 0 radical (unpaired) electrons. The second-order valence-corrected chi connectivity index (χ2v) is 3.69. The molecule has 2 unspecified atom stereocenters. The van der Waals surface area contributed by atoms with Crippen molar-refractivity contribution in [3.05, 3.63) is 30.0 Å². The molecule has 2 aromatic rings. The molecule has 0 aliphatic heterocycles. The first-order valence-corrected chi connectivity index (χ1v) is 4.54. The molecule has 3 heteroatoms. The Hall–Kier alpha value is -1.35. The second-order valence-electron chi connectivity index (χ2n) is 3.69. The molecule has 3 N–H and O–H groups in total. The van der Waals surface area contributed by atoms with E-state index in [2.05, 4.69) is 28.4 Å². The third kappa shape index (κ3) is 0.971. The van der Waals surface area contributed by atoms with Crippen molar-refractivity contribution in [3.63, 3.8) is 0 Å². The lowest BCUT2D eigenvalue weighted by atomic mass is 10.1. The number of aromatic amines is 1. The highest BCUT2D eigenvalue weighted by Crippen LogP contribution is 2.41. The summed E-state index contributed by atoms with van der Waals surface area (Å²) >= 11 is 0. The lowest BCUT2D eigenvalue weighted by Crippen LogP contribution is -2.01. The number of nitrogens with one attached hydrogen (secondary N) is 1. The predicted molar refractivity (Wildman–Crippen MR) is 51.4 cm³/mol. The van der Waals surface area contributed by atoms with Crippen LogP contribution < -0.4 is 5.73 Å². The van der Waals surface area contributed by atoms with E-state index in [0.29, 0.717) is 12.0 Å². The van der Waals surface area contributed by atoms with Crippen LogP contribution in [-0.2, 0) is 0 Å². The molecule has 1 aliphatic rings. The van der Waals surface area contributed by atoms with Crippen molar-refractivity contribution < 1.29 is 0 Å². The standard InChI is InChI=1S/C10H11N3/c11-9-4-8(9)7-3-1-2-6-5-12-13-10(6)7/h1-3,5,8-9H,4,11H2,(H,12,13). The highest BCUT2D eigenvalue weighted by molar-refractivity contribution is 5.82. The van der Waals surface area contributed by atoms with Gasteiger partial charge in [0.15, 0.2) is 0 Å². The van der Waals surface area contributed by atoms with Gasteiger partial charge in [-0.05, 0) is 12.0 Å². The van der Waals surface area contributed by atoms with Gasteiger partial charge < -0.3 is 5.73 Å². The van der Waals surface area contributed by atoms with Crippen molar-refractivity contribution in [1.82, 2.24) is 10.2 Å². The molecule has 1 aromatic carbocycles. The van der Waals surface area contributed by atoms with Crippen molar-refractivity contribution in [2.45, 2.75) is 18.4 Å². The molecule has 3 nitrogen and oxygen atoms in total. The summed E-state index contributed by atoms with van der Waals surface area (Å²) in [6, 6.07) is 6.63. The largest absolute Gasteiger partial charge is 0.327 e. The summed E-state index contributed by atoms with van der Waals surface area (Å²) < 4.78 is 0. The molecule has 0 saturated heterocycles. The summed E-state index contributed by atoms with van der Waals surface area (Å²) in [5.74, 6) is 0.546. The Kier molecular flexibility index (Phi) is 1.27. The molecule has 0 spiro atoms. The van der Waals surface area contributed by atoms with Gasteiger partial charge in [-0.3, -0.25) is 5.10 Å². The number of aromatic nitrogens is 2. The first-order chi connectivity index (χ1) is 6.36. The predicted octanol–water partition coefficient (Wildman–Crippen LogP) is 1.38. The maximum absolute atomic E-state index is 5.82. The van der Waals surface area contributed by atoms with Crippen LogP contribution in [0.15, 0.2) is 24.4 Å². The summed E-state index contributed by atoms with van der Waals surface area (Å²) in [6.07, 6.45) is 2.96. The van der Waals surface area contributed by atoms with Crippen molar-refractivity contribution in [3.8, 4) is 0 Å². The lowest BCUT2D eigenvalue weighted by molar-refractivity contribution is 0.990. The van der Waals surface area contributed by atoms with E-state index in [1.807, 2.05) is 6.20 Å². The van der Waals surface area contributed by atoms with Crippen LogP contribution in [-0.4, -0.2) is 16.2 Å². The average molecular weight is 173 g/mol. The molecule has 1 aromatic heterocycles. The molecule has 1 saturated carbocycles. The van der Waals surface area contributed by atoms with E-state index in [0.717, 1.165) is 11.9 Å². The van der Waals surface area contributed by atoms with Crippen LogP contribution >= 0.6 is 0 Å². The molecule has 13 heavy (non-hydrogen) atoms. The quantitative estimate of drug-likeness (QED) is 0.684. The van der Waals surface area contributed by atoms with E-state index >= 15 is 0 Å². The van der Waals surface area contributed by atoms with Gasteiger partial charge in [0.05, 0.1) is 11.7 Å². The van der Waals surface area contributed by atoms with E-state index < -0.39 is 0 Å². The van der Waals surface area contributed by atoms with Crippen LogP contribution in [0.25, 0.3) is 10.9 Å². The van der Waals surface area contributed by atoms with Gasteiger partial charge in [0.1, 0.15) is 0 Å². The Labute approximate surface area is 75.9 Å². The molecule has 0 amide bonds. The minimum Gasteiger partial charge on any atom is -0.327 e. The summed E-state index contributed by atoms with van der Waals surface area (Å²) in [5, 5.41) is 8.23. The SMILES string of the molecule is NC1CC1c1cccc2cn[nH]c12. The van der Waals surface area contributed by atoms with Gasteiger partial charge in [-0.1, -0.05) is 18.2 Å². The van der Waals surface area contributed by atoms with Gasteiger partial charge in [-0.15, -0.1) is 0 Å². The third-order valence-corrected chi connectivity index (χ3v) is 2.75. The number of H-pyrrole nitrogens is 1.